The number of halogens is 2. The van der Waals surface area contributed by atoms with Gasteiger partial charge in [0, 0.05) is 22.6 Å². The molecule has 2 aromatic carbocycles. The van der Waals surface area contributed by atoms with Gasteiger partial charge in [-0.2, -0.15) is 0 Å². The van der Waals surface area contributed by atoms with E-state index in [-0.39, 0.29) is 0 Å². The molecule has 1 unspecified atom stereocenters. The van der Waals surface area contributed by atoms with Crippen LogP contribution in [0.15, 0.2) is 48.5 Å². The van der Waals surface area contributed by atoms with Crippen molar-refractivity contribution in [3.05, 3.63) is 69.7 Å². The van der Waals surface area contributed by atoms with Gasteiger partial charge in [-0.25, -0.2) is 0 Å². The molecule has 0 spiro atoms. The summed E-state index contributed by atoms with van der Waals surface area (Å²) in [6, 6.07) is 16.2. The fraction of sp³-hybridized carbons (Fsp3) is 0.250. The molecule has 0 radical (unpaired) electrons. The Hall–Kier alpha value is -1.02. The van der Waals surface area contributed by atoms with Crippen molar-refractivity contribution in [1.82, 2.24) is 5.32 Å². The van der Waals surface area contributed by atoms with E-state index in [2.05, 4.69) is 24.4 Å². The molecule has 0 aliphatic carbocycles. The summed E-state index contributed by atoms with van der Waals surface area (Å²) in [6.07, 6.45) is 1.01. The standard InChI is InChI=1S/C16H17Cl2N/c1-2-16(13-6-4-8-15(18)10-13)19-11-12-5-3-7-14(17)9-12/h3-10,16,19H,2,11H2,1H3. The second kappa shape index (κ2) is 6.95. The second-order valence-electron chi connectivity index (χ2n) is 4.53. The van der Waals surface area contributed by atoms with E-state index in [0.717, 1.165) is 23.0 Å². The van der Waals surface area contributed by atoms with Crippen molar-refractivity contribution in [3.8, 4) is 0 Å². The number of benzene rings is 2. The molecular weight excluding hydrogens is 277 g/mol. The van der Waals surface area contributed by atoms with Crippen LogP contribution in [0.5, 0.6) is 0 Å². The van der Waals surface area contributed by atoms with Crippen molar-refractivity contribution in [3.63, 3.8) is 0 Å². The van der Waals surface area contributed by atoms with Crippen LogP contribution in [-0.4, -0.2) is 0 Å². The minimum absolute atomic E-state index is 0.303. The van der Waals surface area contributed by atoms with E-state index >= 15 is 0 Å². The van der Waals surface area contributed by atoms with Crippen molar-refractivity contribution < 1.29 is 0 Å². The average molecular weight is 294 g/mol. The zero-order chi connectivity index (χ0) is 13.7. The Bertz CT molecular complexity index is 540. The van der Waals surface area contributed by atoms with Gasteiger partial charge in [-0.1, -0.05) is 54.4 Å². The molecule has 0 aromatic heterocycles. The quantitative estimate of drug-likeness (QED) is 0.795. The lowest BCUT2D eigenvalue weighted by molar-refractivity contribution is 0.519. The Morgan fingerprint density at radius 1 is 1.00 bits per heavy atom. The summed E-state index contributed by atoms with van der Waals surface area (Å²) in [7, 11) is 0. The Labute approximate surface area is 124 Å². The molecule has 0 amide bonds. The van der Waals surface area contributed by atoms with E-state index in [0.29, 0.717) is 6.04 Å². The van der Waals surface area contributed by atoms with Crippen LogP contribution in [0, 0.1) is 0 Å². The highest BCUT2D eigenvalue weighted by atomic mass is 35.5. The van der Waals surface area contributed by atoms with Gasteiger partial charge >= 0.3 is 0 Å². The summed E-state index contributed by atoms with van der Waals surface area (Å²) in [6.45, 7) is 2.96. The predicted octanol–water partition coefficient (Wildman–Crippen LogP) is 5.23. The molecule has 0 aliphatic rings. The Kier molecular flexibility index (Phi) is 5.26. The molecule has 100 valence electrons. The van der Waals surface area contributed by atoms with Crippen LogP contribution < -0.4 is 5.32 Å². The lowest BCUT2D eigenvalue weighted by Crippen LogP contribution is -2.20. The second-order valence-corrected chi connectivity index (χ2v) is 5.40. The third-order valence-corrected chi connectivity index (χ3v) is 3.57. The highest BCUT2D eigenvalue weighted by Gasteiger charge is 2.08. The molecule has 0 heterocycles. The first kappa shape index (κ1) is 14.4. The lowest BCUT2D eigenvalue weighted by atomic mass is 10.0. The van der Waals surface area contributed by atoms with Crippen LogP contribution >= 0.6 is 23.2 Å². The molecule has 0 saturated heterocycles. The first-order valence-corrected chi connectivity index (χ1v) is 7.18. The van der Waals surface area contributed by atoms with E-state index < -0.39 is 0 Å². The summed E-state index contributed by atoms with van der Waals surface area (Å²) < 4.78 is 0. The fourth-order valence-electron chi connectivity index (χ4n) is 2.11. The van der Waals surface area contributed by atoms with Gasteiger partial charge in [0.05, 0.1) is 0 Å². The number of hydrogen-bond acceptors (Lipinski definition) is 1. The number of rotatable bonds is 5. The van der Waals surface area contributed by atoms with E-state index in [1.54, 1.807) is 0 Å². The van der Waals surface area contributed by atoms with Crippen molar-refractivity contribution in [2.24, 2.45) is 0 Å². The Balaban J connectivity index is 2.04. The number of nitrogens with one attached hydrogen (secondary N) is 1. The smallest absolute Gasteiger partial charge is 0.0409 e. The van der Waals surface area contributed by atoms with Gasteiger partial charge in [-0.05, 0) is 41.8 Å². The van der Waals surface area contributed by atoms with Crippen molar-refractivity contribution in [2.45, 2.75) is 25.9 Å². The molecule has 0 fully saturated rings. The van der Waals surface area contributed by atoms with Gasteiger partial charge in [-0.3, -0.25) is 0 Å². The highest BCUT2D eigenvalue weighted by molar-refractivity contribution is 6.30. The summed E-state index contributed by atoms with van der Waals surface area (Å²) in [5.74, 6) is 0. The Morgan fingerprint density at radius 3 is 2.32 bits per heavy atom. The summed E-state index contributed by atoms with van der Waals surface area (Å²) in [5.41, 5.74) is 2.41. The van der Waals surface area contributed by atoms with E-state index in [1.165, 1.54) is 11.1 Å². The van der Waals surface area contributed by atoms with Gasteiger partial charge in [-0.15, -0.1) is 0 Å². The first-order chi connectivity index (χ1) is 9.19. The van der Waals surface area contributed by atoms with Gasteiger partial charge in [0.2, 0.25) is 0 Å². The van der Waals surface area contributed by atoms with Crippen LogP contribution in [0.25, 0.3) is 0 Å². The molecule has 0 bridgehead atoms. The predicted molar refractivity (Wildman–Crippen MR) is 82.8 cm³/mol. The molecule has 1 nitrogen and oxygen atoms in total. The topological polar surface area (TPSA) is 12.0 Å². The molecule has 1 atom stereocenters. The van der Waals surface area contributed by atoms with Gasteiger partial charge in [0.1, 0.15) is 0 Å². The normalized spacial score (nSPS) is 12.4. The maximum Gasteiger partial charge on any atom is 0.0409 e. The molecule has 2 rings (SSSR count). The third kappa shape index (κ3) is 4.24. The molecular formula is C16H17Cl2N. The van der Waals surface area contributed by atoms with E-state index in [1.807, 2.05) is 36.4 Å². The zero-order valence-corrected chi connectivity index (χ0v) is 12.4. The van der Waals surface area contributed by atoms with Crippen LogP contribution in [0.4, 0.5) is 0 Å². The molecule has 0 aliphatic heterocycles. The maximum absolute atomic E-state index is 6.04. The SMILES string of the molecule is CCC(NCc1cccc(Cl)c1)c1cccc(Cl)c1. The van der Waals surface area contributed by atoms with Crippen molar-refractivity contribution in [2.75, 3.05) is 0 Å². The van der Waals surface area contributed by atoms with Gasteiger partial charge in [0.25, 0.3) is 0 Å². The zero-order valence-electron chi connectivity index (χ0n) is 10.9. The minimum atomic E-state index is 0.303. The molecule has 3 heteroatoms. The van der Waals surface area contributed by atoms with Crippen molar-refractivity contribution >= 4 is 23.2 Å². The number of hydrogen-bond donors (Lipinski definition) is 1. The van der Waals surface area contributed by atoms with E-state index in [9.17, 15) is 0 Å². The maximum atomic E-state index is 6.04. The van der Waals surface area contributed by atoms with Crippen LogP contribution in [0.2, 0.25) is 10.0 Å². The summed E-state index contributed by atoms with van der Waals surface area (Å²) >= 11 is 12.0. The van der Waals surface area contributed by atoms with Gasteiger partial charge < -0.3 is 5.32 Å². The summed E-state index contributed by atoms with van der Waals surface area (Å²) in [5, 5.41) is 5.09. The Morgan fingerprint density at radius 2 is 1.68 bits per heavy atom. The molecule has 19 heavy (non-hydrogen) atoms. The molecule has 2 aromatic rings. The monoisotopic (exact) mass is 293 g/mol. The largest absolute Gasteiger partial charge is 0.306 e. The van der Waals surface area contributed by atoms with Crippen LogP contribution in [0.1, 0.15) is 30.5 Å². The average Bonchev–Trinajstić information content (AvgIpc) is 2.40. The summed E-state index contributed by atoms with van der Waals surface area (Å²) in [4.78, 5) is 0. The molecule has 0 saturated carbocycles. The van der Waals surface area contributed by atoms with Crippen LogP contribution in [0.3, 0.4) is 0 Å². The fourth-order valence-corrected chi connectivity index (χ4v) is 2.52. The van der Waals surface area contributed by atoms with E-state index in [4.69, 9.17) is 23.2 Å². The van der Waals surface area contributed by atoms with Gasteiger partial charge in [0.15, 0.2) is 0 Å². The minimum Gasteiger partial charge on any atom is -0.306 e. The van der Waals surface area contributed by atoms with Crippen molar-refractivity contribution in [1.29, 1.82) is 0 Å². The third-order valence-electron chi connectivity index (χ3n) is 3.10. The van der Waals surface area contributed by atoms with Crippen LogP contribution in [-0.2, 0) is 6.54 Å². The first-order valence-electron chi connectivity index (χ1n) is 6.42. The lowest BCUT2D eigenvalue weighted by Gasteiger charge is -2.18. The highest BCUT2D eigenvalue weighted by Crippen LogP contribution is 2.21. The molecule has 1 N–H and O–H groups in total.